The van der Waals surface area contributed by atoms with Crippen LogP contribution in [-0.4, -0.2) is 18.9 Å². The van der Waals surface area contributed by atoms with Crippen LogP contribution in [0.3, 0.4) is 0 Å². The molecule has 1 aromatic rings. The van der Waals surface area contributed by atoms with Gasteiger partial charge in [-0.3, -0.25) is 9.59 Å². The van der Waals surface area contributed by atoms with Gasteiger partial charge in [-0.2, -0.15) is 0 Å². The van der Waals surface area contributed by atoms with Crippen LogP contribution in [-0.2, 0) is 9.59 Å². The Hall–Kier alpha value is -2.30. The normalized spacial score (nSPS) is 10.2. The monoisotopic (exact) mass is 247 g/mol. The molecule has 0 unspecified atom stereocenters. The predicted octanol–water partition coefficient (Wildman–Crippen LogP) is 1.29. The average Bonchev–Trinajstić information content (AvgIpc) is 2.36. The quantitative estimate of drug-likeness (QED) is 0.294. The standard InChI is InChI=1S/C13H17N3O2/c14-11-6-3-4-7-12(11)16-13(18)8-2-1-5-9-15-10-17/h1-4,6-7,10H,5,8-9,14H2,(H,15,17)(H,16,18)/b2-1+. The van der Waals surface area contributed by atoms with Crippen molar-refractivity contribution >= 4 is 23.7 Å². The number of nitrogens with two attached hydrogens (primary N) is 1. The molecule has 4 N–H and O–H groups in total. The van der Waals surface area contributed by atoms with Gasteiger partial charge in [0.2, 0.25) is 12.3 Å². The molecule has 0 aromatic heterocycles. The average molecular weight is 247 g/mol. The minimum atomic E-state index is -0.118. The maximum absolute atomic E-state index is 11.6. The number of para-hydroxylation sites is 2. The Labute approximate surface area is 106 Å². The van der Waals surface area contributed by atoms with E-state index in [9.17, 15) is 9.59 Å². The van der Waals surface area contributed by atoms with Crippen molar-refractivity contribution in [1.82, 2.24) is 5.32 Å². The number of carbonyl (C=O) groups excluding carboxylic acids is 2. The topological polar surface area (TPSA) is 84.2 Å². The lowest BCUT2D eigenvalue weighted by Gasteiger charge is -2.05. The molecule has 18 heavy (non-hydrogen) atoms. The summed E-state index contributed by atoms with van der Waals surface area (Å²) >= 11 is 0. The van der Waals surface area contributed by atoms with Gasteiger partial charge in [0.15, 0.2) is 0 Å². The van der Waals surface area contributed by atoms with Crippen LogP contribution in [0.4, 0.5) is 11.4 Å². The summed E-state index contributed by atoms with van der Waals surface area (Å²) in [5.41, 5.74) is 6.87. The zero-order valence-electron chi connectivity index (χ0n) is 10.1. The minimum absolute atomic E-state index is 0.118. The first kappa shape index (κ1) is 13.8. The van der Waals surface area contributed by atoms with Crippen LogP contribution in [0, 0.1) is 0 Å². The molecule has 1 aromatic carbocycles. The third-order valence-electron chi connectivity index (χ3n) is 2.24. The molecule has 0 fully saturated rings. The highest BCUT2D eigenvalue weighted by Crippen LogP contribution is 2.16. The van der Waals surface area contributed by atoms with Gasteiger partial charge in [0.1, 0.15) is 0 Å². The third-order valence-corrected chi connectivity index (χ3v) is 2.24. The molecule has 0 aliphatic heterocycles. The van der Waals surface area contributed by atoms with Gasteiger partial charge in [0.05, 0.1) is 11.4 Å². The van der Waals surface area contributed by atoms with Crippen molar-refractivity contribution in [2.45, 2.75) is 12.8 Å². The van der Waals surface area contributed by atoms with Crippen molar-refractivity contribution in [2.75, 3.05) is 17.6 Å². The minimum Gasteiger partial charge on any atom is -0.397 e. The van der Waals surface area contributed by atoms with Crippen LogP contribution < -0.4 is 16.4 Å². The lowest BCUT2D eigenvalue weighted by molar-refractivity contribution is -0.115. The number of carbonyl (C=O) groups is 2. The van der Waals surface area contributed by atoms with Gasteiger partial charge >= 0.3 is 0 Å². The molecule has 0 heterocycles. The first-order chi connectivity index (χ1) is 8.74. The van der Waals surface area contributed by atoms with Gasteiger partial charge in [-0.25, -0.2) is 0 Å². The fourth-order valence-corrected chi connectivity index (χ4v) is 1.35. The summed E-state index contributed by atoms with van der Waals surface area (Å²) in [5.74, 6) is -0.118. The number of amides is 2. The number of nitrogen functional groups attached to an aromatic ring is 1. The molecule has 1 rings (SSSR count). The lowest BCUT2D eigenvalue weighted by Crippen LogP contribution is -2.12. The second-order valence-electron chi connectivity index (χ2n) is 3.67. The summed E-state index contributed by atoms with van der Waals surface area (Å²) < 4.78 is 0. The maximum atomic E-state index is 11.6. The van der Waals surface area contributed by atoms with E-state index in [1.807, 2.05) is 18.2 Å². The van der Waals surface area contributed by atoms with E-state index in [4.69, 9.17) is 5.73 Å². The smallest absolute Gasteiger partial charge is 0.228 e. The molecule has 5 heteroatoms. The Morgan fingerprint density at radius 2 is 2.06 bits per heavy atom. The predicted molar refractivity (Wildman–Crippen MR) is 71.9 cm³/mol. The lowest BCUT2D eigenvalue weighted by atomic mass is 10.2. The van der Waals surface area contributed by atoms with Crippen LogP contribution >= 0.6 is 0 Å². The molecule has 0 saturated carbocycles. The Kier molecular flexibility index (Phi) is 6.03. The van der Waals surface area contributed by atoms with Gasteiger partial charge < -0.3 is 16.4 Å². The highest BCUT2D eigenvalue weighted by molar-refractivity contribution is 5.94. The molecule has 0 bridgehead atoms. The SMILES string of the molecule is Nc1ccccc1NC(=O)C/C=C/CCNC=O. The number of rotatable bonds is 7. The van der Waals surface area contributed by atoms with Crippen molar-refractivity contribution in [2.24, 2.45) is 0 Å². The fraction of sp³-hybridized carbons (Fsp3) is 0.231. The Balaban J connectivity index is 2.30. The highest BCUT2D eigenvalue weighted by atomic mass is 16.1. The van der Waals surface area contributed by atoms with Gasteiger partial charge in [0, 0.05) is 13.0 Å². The van der Waals surface area contributed by atoms with Crippen molar-refractivity contribution in [3.8, 4) is 0 Å². The number of hydrogen-bond acceptors (Lipinski definition) is 3. The van der Waals surface area contributed by atoms with Crippen LogP contribution in [0.1, 0.15) is 12.8 Å². The third kappa shape index (κ3) is 5.16. The molecule has 2 amide bonds. The van der Waals surface area contributed by atoms with Crippen molar-refractivity contribution in [3.05, 3.63) is 36.4 Å². The van der Waals surface area contributed by atoms with E-state index in [1.54, 1.807) is 18.2 Å². The molecular weight excluding hydrogens is 230 g/mol. The van der Waals surface area contributed by atoms with E-state index in [1.165, 1.54) is 0 Å². The summed E-state index contributed by atoms with van der Waals surface area (Å²) in [6.45, 7) is 0.577. The van der Waals surface area contributed by atoms with Gasteiger partial charge in [-0.15, -0.1) is 0 Å². The molecule has 0 aliphatic carbocycles. The van der Waals surface area contributed by atoms with E-state index >= 15 is 0 Å². The molecule has 0 spiro atoms. The van der Waals surface area contributed by atoms with Crippen LogP contribution in [0.5, 0.6) is 0 Å². The Morgan fingerprint density at radius 3 is 2.78 bits per heavy atom. The molecule has 0 saturated heterocycles. The first-order valence-electron chi connectivity index (χ1n) is 5.70. The number of anilines is 2. The number of benzene rings is 1. The Morgan fingerprint density at radius 1 is 1.28 bits per heavy atom. The van der Waals surface area contributed by atoms with Crippen LogP contribution in [0.25, 0.3) is 0 Å². The molecule has 0 aliphatic rings. The molecule has 0 radical (unpaired) electrons. The Bertz CT molecular complexity index is 430. The maximum Gasteiger partial charge on any atom is 0.228 e. The van der Waals surface area contributed by atoms with E-state index in [0.717, 1.165) is 0 Å². The summed E-state index contributed by atoms with van der Waals surface area (Å²) in [7, 11) is 0. The van der Waals surface area contributed by atoms with E-state index in [2.05, 4.69) is 10.6 Å². The van der Waals surface area contributed by atoms with Crippen LogP contribution in [0.2, 0.25) is 0 Å². The summed E-state index contributed by atoms with van der Waals surface area (Å²) in [5, 5.41) is 5.26. The van der Waals surface area contributed by atoms with Crippen molar-refractivity contribution in [1.29, 1.82) is 0 Å². The largest absolute Gasteiger partial charge is 0.397 e. The van der Waals surface area contributed by atoms with Crippen LogP contribution in [0.15, 0.2) is 36.4 Å². The zero-order valence-corrected chi connectivity index (χ0v) is 10.1. The summed E-state index contributed by atoms with van der Waals surface area (Å²) in [6, 6.07) is 7.11. The number of hydrogen-bond donors (Lipinski definition) is 3. The molecule has 0 atom stereocenters. The van der Waals surface area contributed by atoms with Gasteiger partial charge in [-0.1, -0.05) is 24.3 Å². The van der Waals surface area contributed by atoms with E-state index in [-0.39, 0.29) is 12.3 Å². The zero-order chi connectivity index (χ0) is 13.2. The number of nitrogens with one attached hydrogen (secondary N) is 2. The van der Waals surface area contributed by atoms with Crippen molar-refractivity contribution < 1.29 is 9.59 Å². The summed E-state index contributed by atoms with van der Waals surface area (Å²) in [4.78, 5) is 21.5. The van der Waals surface area contributed by atoms with E-state index < -0.39 is 0 Å². The summed E-state index contributed by atoms with van der Waals surface area (Å²) in [6.07, 6.45) is 5.26. The second kappa shape index (κ2) is 7.89. The van der Waals surface area contributed by atoms with Gasteiger partial charge in [0.25, 0.3) is 0 Å². The molecular formula is C13H17N3O2. The van der Waals surface area contributed by atoms with E-state index in [0.29, 0.717) is 30.8 Å². The van der Waals surface area contributed by atoms with Crippen molar-refractivity contribution in [3.63, 3.8) is 0 Å². The second-order valence-corrected chi connectivity index (χ2v) is 3.67. The van der Waals surface area contributed by atoms with Gasteiger partial charge in [-0.05, 0) is 18.6 Å². The molecule has 96 valence electrons. The highest BCUT2D eigenvalue weighted by Gasteiger charge is 2.01. The fourth-order valence-electron chi connectivity index (χ4n) is 1.35. The molecule has 5 nitrogen and oxygen atoms in total. The first-order valence-corrected chi connectivity index (χ1v) is 5.70.